The first-order chi connectivity index (χ1) is 13.8. The summed E-state index contributed by atoms with van der Waals surface area (Å²) >= 11 is 0. The van der Waals surface area contributed by atoms with Gasteiger partial charge in [0.05, 0.1) is 10.5 Å². The van der Waals surface area contributed by atoms with Crippen molar-refractivity contribution in [3.8, 4) is 0 Å². The van der Waals surface area contributed by atoms with Crippen LogP contribution in [0.3, 0.4) is 0 Å². The standard InChI is InChI=1S/C20H22N4O5/c1-13-7-9-23(10-8-13)19(26)14-11-16(20(27)22(2)12-14)21-18(25)15-5-3-4-6-17(15)24(28)29/h3-6,11-13H,7-10H2,1-2H3,(H,21,25). The summed E-state index contributed by atoms with van der Waals surface area (Å²) in [6, 6.07) is 6.80. The van der Waals surface area contributed by atoms with E-state index in [0.717, 1.165) is 12.8 Å². The molecule has 1 aliphatic rings. The van der Waals surface area contributed by atoms with E-state index in [1.165, 1.54) is 48.1 Å². The van der Waals surface area contributed by atoms with E-state index in [0.29, 0.717) is 19.0 Å². The minimum absolute atomic E-state index is 0.105. The molecule has 0 aliphatic carbocycles. The Balaban J connectivity index is 1.89. The summed E-state index contributed by atoms with van der Waals surface area (Å²) in [5.41, 5.74) is -0.870. The van der Waals surface area contributed by atoms with Gasteiger partial charge in [0.1, 0.15) is 11.3 Å². The van der Waals surface area contributed by atoms with Crippen LogP contribution in [-0.4, -0.2) is 39.3 Å². The van der Waals surface area contributed by atoms with E-state index in [-0.39, 0.29) is 28.4 Å². The number of nitro benzene ring substituents is 1. The zero-order valence-electron chi connectivity index (χ0n) is 16.3. The molecule has 1 N–H and O–H groups in total. The second-order valence-corrected chi connectivity index (χ2v) is 7.26. The maximum absolute atomic E-state index is 12.8. The van der Waals surface area contributed by atoms with Gasteiger partial charge in [-0.2, -0.15) is 0 Å². The van der Waals surface area contributed by atoms with Gasteiger partial charge in [0.2, 0.25) is 0 Å². The molecule has 0 radical (unpaired) electrons. The van der Waals surface area contributed by atoms with Crippen LogP contribution in [0.2, 0.25) is 0 Å². The van der Waals surface area contributed by atoms with Crippen molar-refractivity contribution >= 4 is 23.2 Å². The summed E-state index contributed by atoms with van der Waals surface area (Å²) in [6.07, 6.45) is 3.26. The molecule has 9 nitrogen and oxygen atoms in total. The number of anilines is 1. The van der Waals surface area contributed by atoms with Gasteiger partial charge >= 0.3 is 0 Å². The van der Waals surface area contributed by atoms with Crippen molar-refractivity contribution in [3.63, 3.8) is 0 Å². The number of benzene rings is 1. The Morgan fingerprint density at radius 2 is 1.86 bits per heavy atom. The average molecular weight is 398 g/mol. The van der Waals surface area contributed by atoms with Crippen molar-refractivity contribution in [1.82, 2.24) is 9.47 Å². The Kier molecular flexibility index (Phi) is 5.76. The van der Waals surface area contributed by atoms with Gasteiger partial charge in [-0.15, -0.1) is 0 Å². The number of hydrogen-bond acceptors (Lipinski definition) is 5. The maximum atomic E-state index is 12.8. The lowest BCUT2D eigenvalue weighted by Crippen LogP contribution is -2.38. The van der Waals surface area contributed by atoms with E-state index in [1.807, 2.05) is 0 Å². The summed E-state index contributed by atoms with van der Waals surface area (Å²) in [4.78, 5) is 50.0. The fourth-order valence-electron chi connectivity index (χ4n) is 3.33. The van der Waals surface area contributed by atoms with Gasteiger partial charge in [0.15, 0.2) is 0 Å². The number of aryl methyl sites for hydroxylation is 1. The molecule has 0 spiro atoms. The van der Waals surface area contributed by atoms with E-state index >= 15 is 0 Å². The summed E-state index contributed by atoms with van der Waals surface area (Å²) in [5.74, 6) is -0.435. The molecular formula is C20H22N4O5. The summed E-state index contributed by atoms with van der Waals surface area (Å²) in [7, 11) is 1.48. The number of amides is 2. The normalized spacial score (nSPS) is 14.5. The third-order valence-corrected chi connectivity index (χ3v) is 5.09. The summed E-state index contributed by atoms with van der Waals surface area (Å²) in [6.45, 7) is 3.42. The Morgan fingerprint density at radius 3 is 2.52 bits per heavy atom. The van der Waals surface area contributed by atoms with Crippen molar-refractivity contribution in [2.24, 2.45) is 13.0 Å². The molecule has 2 amide bonds. The molecule has 0 bridgehead atoms. The molecule has 152 valence electrons. The highest BCUT2D eigenvalue weighted by molar-refractivity contribution is 6.07. The van der Waals surface area contributed by atoms with Crippen molar-refractivity contribution in [2.45, 2.75) is 19.8 Å². The molecule has 2 heterocycles. The lowest BCUT2D eigenvalue weighted by molar-refractivity contribution is -0.385. The highest BCUT2D eigenvalue weighted by Crippen LogP contribution is 2.21. The molecule has 0 saturated carbocycles. The number of hydrogen-bond donors (Lipinski definition) is 1. The minimum atomic E-state index is -0.786. The molecule has 1 aromatic carbocycles. The number of aromatic nitrogens is 1. The smallest absolute Gasteiger partial charge is 0.282 e. The lowest BCUT2D eigenvalue weighted by atomic mass is 9.99. The number of nitro groups is 1. The number of nitrogens with one attached hydrogen (secondary N) is 1. The number of nitrogens with zero attached hydrogens (tertiary/aromatic N) is 3. The summed E-state index contributed by atoms with van der Waals surface area (Å²) in [5, 5.41) is 13.6. The molecule has 1 aliphatic heterocycles. The molecule has 29 heavy (non-hydrogen) atoms. The van der Waals surface area contributed by atoms with Crippen LogP contribution in [0, 0.1) is 16.0 Å². The zero-order valence-corrected chi connectivity index (χ0v) is 16.3. The predicted octanol–water partition coefficient (Wildman–Crippen LogP) is 2.42. The van der Waals surface area contributed by atoms with Gasteiger partial charge in [-0.25, -0.2) is 0 Å². The third kappa shape index (κ3) is 4.34. The van der Waals surface area contributed by atoms with Crippen molar-refractivity contribution in [1.29, 1.82) is 0 Å². The highest BCUT2D eigenvalue weighted by atomic mass is 16.6. The van der Waals surface area contributed by atoms with E-state index in [2.05, 4.69) is 12.2 Å². The Labute approximate surface area is 167 Å². The van der Waals surface area contributed by atoms with E-state index in [9.17, 15) is 24.5 Å². The average Bonchev–Trinajstić information content (AvgIpc) is 2.71. The van der Waals surface area contributed by atoms with Crippen molar-refractivity contribution < 1.29 is 14.5 Å². The molecule has 1 saturated heterocycles. The SMILES string of the molecule is CC1CCN(C(=O)c2cc(NC(=O)c3ccccc3[N+](=O)[O-])c(=O)n(C)c2)CC1. The van der Waals surface area contributed by atoms with Crippen LogP contribution in [-0.2, 0) is 7.05 Å². The fraction of sp³-hybridized carbons (Fsp3) is 0.350. The number of likely N-dealkylation sites (tertiary alicyclic amines) is 1. The topological polar surface area (TPSA) is 115 Å². The van der Waals surface area contributed by atoms with Gasteiger partial charge in [-0.3, -0.25) is 24.5 Å². The van der Waals surface area contributed by atoms with Crippen LogP contribution < -0.4 is 10.9 Å². The van der Waals surface area contributed by atoms with Gasteiger partial charge in [-0.1, -0.05) is 19.1 Å². The molecular weight excluding hydrogens is 376 g/mol. The Bertz CT molecular complexity index is 1020. The molecule has 1 aromatic heterocycles. The van der Waals surface area contributed by atoms with Crippen LogP contribution in [0.1, 0.15) is 40.5 Å². The van der Waals surface area contributed by atoms with Gasteiger partial charge in [0, 0.05) is 32.4 Å². The molecule has 9 heteroatoms. The molecule has 3 rings (SSSR count). The van der Waals surface area contributed by atoms with Crippen LogP contribution >= 0.6 is 0 Å². The largest absolute Gasteiger partial charge is 0.339 e. The highest BCUT2D eigenvalue weighted by Gasteiger charge is 2.24. The first-order valence-corrected chi connectivity index (χ1v) is 9.32. The monoisotopic (exact) mass is 398 g/mol. The number of para-hydroxylation sites is 1. The second-order valence-electron chi connectivity index (χ2n) is 7.26. The van der Waals surface area contributed by atoms with E-state index in [1.54, 1.807) is 4.90 Å². The number of carbonyl (C=O) groups is 2. The number of rotatable bonds is 4. The number of pyridine rings is 1. The van der Waals surface area contributed by atoms with Gasteiger partial charge in [0.25, 0.3) is 23.1 Å². The van der Waals surface area contributed by atoms with Gasteiger partial charge in [-0.05, 0) is 30.9 Å². The number of carbonyl (C=O) groups excluding carboxylic acids is 2. The van der Waals surface area contributed by atoms with Crippen LogP contribution in [0.15, 0.2) is 41.3 Å². The van der Waals surface area contributed by atoms with Crippen LogP contribution in [0.4, 0.5) is 11.4 Å². The van der Waals surface area contributed by atoms with Crippen molar-refractivity contribution in [3.05, 3.63) is 68.1 Å². The fourth-order valence-corrected chi connectivity index (χ4v) is 3.33. The summed E-state index contributed by atoms with van der Waals surface area (Å²) < 4.78 is 1.22. The van der Waals surface area contributed by atoms with Crippen LogP contribution in [0.5, 0.6) is 0 Å². The van der Waals surface area contributed by atoms with Gasteiger partial charge < -0.3 is 14.8 Å². The third-order valence-electron chi connectivity index (χ3n) is 5.09. The molecule has 1 fully saturated rings. The second kappa shape index (κ2) is 8.26. The predicted molar refractivity (Wildman–Crippen MR) is 107 cm³/mol. The first kappa shape index (κ1) is 20.2. The van der Waals surface area contributed by atoms with E-state index in [4.69, 9.17) is 0 Å². The van der Waals surface area contributed by atoms with Crippen molar-refractivity contribution in [2.75, 3.05) is 18.4 Å². The van der Waals surface area contributed by atoms with Crippen LogP contribution in [0.25, 0.3) is 0 Å². The quantitative estimate of drug-likeness (QED) is 0.627. The molecule has 0 atom stereocenters. The van der Waals surface area contributed by atoms with E-state index < -0.39 is 16.4 Å². The zero-order chi connectivity index (χ0) is 21.1. The first-order valence-electron chi connectivity index (χ1n) is 9.32. The number of piperidine rings is 1. The molecule has 2 aromatic rings. The lowest BCUT2D eigenvalue weighted by Gasteiger charge is -2.30. The Hall–Kier alpha value is -3.49. The maximum Gasteiger partial charge on any atom is 0.282 e. The minimum Gasteiger partial charge on any atom is -0.339 e. The molecule has 0 unspecified atom stereocenters. The Morgan fingerprint density at radius 1 is 1.21 bits per heavy atom.